The minimum atomic E-state index is -0.548. The molecule has 1 N–H and O–H groups in total. The zero-order valence-corrected chi connectivity index (χ0v) is 10.7. The largest absolute Gasteiger partial charge is 0.506 e. The molecule has 1 aliphatic rings. The van der Waals surface area contributed by atoms with E-state index in [4.69, 9.17) is 4.74 Å². The summed E-state index contributed by atoms with van der Waals surface area (Å²) in [7, 11) is 1.31. The Kier molecular flexibility index (Phi) is 3.99. The van der Waals surface area contributed by atoms with Crippen molar-refractivity contribution in [2.45, 2.75) is 25.3 Å². The van der Waals surface area contributed by atoms with Gasteiger partial charge in [0.1, 0.15) is 11.8 Å². The highest BCUT2D eigenvalue weighted by molar-refractivity contribution is 5.97. The summed E-state index contributed by atoms with van der Waals surface area (Å²) in [6.07, 6.45) is 4.98. The van der Waals surface area contributed by atoms with Crippen LogP contribution >= 0.6 is 0 Å². The number of rotatable bonds is 2. The summed E-state index contributed by atoms with van der Waals surface area (Å²) in [4.78, 5) is 29.3. The highest BCUT2D eigenvalue weighted by Gasteiger charge is 2.33. The van der Waals surface area contributed by atoms with Crippen LogP contribution in [0.25, 0.3) is 0 Å². The number of ether oxygens (including phenoxy) is 1. The van der Waals surface area contributed by atoms with Gasteiger partial charge in [-0.1, -0.05) is 0 Å². The van der Waals surface area contributed by atoms with E-state index in [1.54, 1.807) is 0 Å². The van der Waals surface area contributed by atoms with Gasteiger partial charge >= 0.3 is 5.97 Å². The fourth-order valence-corrected chi connectivity index (χ4v) is 2.27. The van der Waals surface area contributed by atoms with Gasteiger partial charge in [0.05, 0.1) is 18.9 Å². The summed E-state index contributed by atoms with van der Waals surface area (Å²) in [5, 5.41) is 9.36. The van der Waals surface area contributed by atoms with Crippen LogP contribution in [0.5, 0.6) is 5.75 Å². The molecule has 1 saturated heterocycles. The molecular weight excluding hydrogens is 248 g/mol. The molecule has 2 rings (SSSR count). The van der Waals surface area contributed by atoms with Crippen LogP contribution in [0.1, 0.15) is 29.6 Å². The summed E-state index contributed by atoms with van der Waals surface area (Å²) < 4.78 is 4.73. The molecule has 0 bridgehead atoms. The first-order valence-electron chi connectivity index (χ1n) is 6.16. The van der Waals surface area contributed by atoms with Crippen molar-refractivity contribution in [1.29, 1.82) is 0 Å². The van der Waals surface area contributed by atoms with E-state index in [2.05, 4.69) is 4.98 Å². The number of likely N-dealkylation sites (tertiary alicyclic amines) is 1. The minimum Gasteiger partial charge on any atom is -0.506 e. The number of hydrogen-bond donors (Lipinski definition) is 1. The summed E-state index contributed by atoms with van der Waals surface area (Å²) in [5.74, 6) is -0.780. The third kappa shape index (κ3) is 2.83. The minimum absolute atomic E-state index is 0.0718. The molecule has 0 aliphatic carbocycles. The van der Waals surface area contributed by atoms with Crippen LogP contribution in [0.4, 0.5) is 0 Å². The molecule has 1 aromatic rings. The molecule has 6 heteroatoms. The molecule has 0 unspecified atom stereocenters. The summed E-state index contributed by atoms with van der Waals surface area (Å²) in [6.45, 7) is 0.508. The predicted octanol–water partition coefficient (Wildman–Crippen LogP) is 0.955. The van der Waals surface area contributed by atoms with Crippen LogP contribution in [0, 0.1) is 0 Å². The zero-order chi connectivity index (χ0) is 13.8. The van der Waals surface area contributed by atoms with Gasteiger partial charge in [0.2, 0.25) is 0 Å². The molecule has 0 saturated carbocycles. The molecule has 19 heavy (non-hydrogen) atoms. The van der Waals surface area contributed by atoms with Gasteiger partial charge in [-0.25, -0.2) is 4.79 Å². The first-order chi connectivity index (χ1) is 9.13. The van der Waals surface area contributed by atoms with Crippen molar-refractivity contribution in [1.82, 2.24) is 9.88 Å². The molecule has 1 aromatic heterocycles. The molecule has 0 aromatic carbocycles. The molecule has 6 nitrogen and oxygen atoms in total. The van der Waals surface area contributed by atoms with Gasteiger partial charge in [-0.2, -0.15) is 0 Å². The molecule has 2 heterocycles. The maximum atomic E-state index is 12.3. The van der Waals surface area contributed by atoms with Crippen LogP contribution in [0.15, 0.2) is 18.5 Å². The van der Waals surface area contributed by atoms with E-state index in [-0.39, 0.29) is 17.2 Å². The Morgan fingerprint density at radius 1 is 1.42 bits per heavy atom. The number of nitrogens with zero attached hydrogens (tertiary/aromatic N) is 2. The summed E-state index contributed by atoms with van der Waals surface area (Å²) in [6, 6.07) is 0.798. The standard InChI is InChI=1S/C13H16N2O4/c1-19-13(18)11-4-2-3-5-15(11)12(17)9-6-10(16)8-14-7-9/h6-8,11,16H,2-5H2,1H3/t11-/m1/s1. The lowest BCUT2D eigenvalue weighted by Gasteiger charge is -2.33. The number of carbonyl (C=O) groups is 2. The van der Waals surface area contributed by atoms with Crippen molar-refractivity contribution in [2.75, 3.05) is 13.7 Å². The number of piperidine rings is 1. The van der Waals surface area contributed by atoms with E-state index in [1.165, 1.54) is 30.5 Å². The van der Waals surface area contributed by atoms with E-state index in [1.807, 2.05) is 0 Å². The van der Waals surface area contributed by atoms with Crippen LogP contribution < -0.4 is 0 Å². The predicted molar refractivity (Wildman–Crippen MR) is 66.6 cm³/mol. The average molecular weight is 264 g/mol. The second kappa shape index (κ2) is 5.69. The Morgan fingerprint density at radius 2 is 2.21 bits per heavy atom. The number of pyridine rings is 1. The zero-order valence-electron chi connectivity index (χ0n) is 10.7. The molecule has 0 radical (unpaired) electrons. The van der Waals surface area contributed by atoms with E-state index in [9.17, 15) is 14.7 Å². The van der Waals surface area contributed by atoms with Gasteiger partial charge in [0, 0.05) is 12.7 Å². The number of carbonyl (C=O) groups excluding carboxylic acids is 2. The van der Waals surface area contributed by atoms with E-state index in [0.717, 1.165) is 12.8 Å². The van der Waals surface area contributed by atoms with Gasteiger partial charge in [-0.3, -0.25) is 9.78 Å². The van der Waals surface area contributed by atoms with E-state index < -0.39 is 12.0 Å². The van der Waals surface area contributed by atoms with Crippen molar-refractivity contribution in [2.24, 2.45) is 0 Å². The number of esters is 1. The Labute approximate surface area is 111 Å². The normalized spacial score (nSPS) is 19.0. The van der Waals surface area contributed by atoms with Crippen molar-refractivity contribution in [3.05, 3.63) is 24.0 Å². The fraction of sp³-hybridized carbons (Fsp3) is 0.462. The van der Waals surface area contributed by atoms with Gasteiger partial charge < -0.3 is 14.7 Å². The second-order valence-electron chi connectivity index (χ2n) is 4.47. The number of aromatic hydroxyl groups is 1. The number of aromatic nitrogens is 1. The molecule has 1 fully saturated rings. The number of hydrogen-bond acceptors (Lipinski definition) is 5. The van der Waals surface area contributed by atoms with Crippen molar-refractivity contribution >= 4 is 11.9 Å². The molecule has 1 amide bonds. The third-order valence-corrected chi connectivity index (χ3v) is 3.21. The van der Waals surface area contributed by atoms with Gasteiger partial charge in [-0.15, -0.1) is 0 Å². The smallest absolute Gasteiger partial charge is 0.328 e. The van der Waals surface area contributed by atoms with Crippen LogP contribution in [-0.2, 0) is 9.53 Å². The number of methoxy groups -OCH3 is 1. The van der Waals surface area contributed by atoms with Gasteiger partial charge in [0.25, 0.3) is 5.91 Å². The quantitative estimate of drug-likeness (QED) is 0.805. The third-order valence-electron chi connectivity index (χ3n) is 3.21. The Balaban J connectivity index is 2.22. The lowest BCUT2D eigenvalue weighted by Crippen LogP contribution is -2.48. The van der Waals surface area contributed by atoms with Gasteiger partial charge in [-0.05, 0) is 25.3 Å². The molecule has 0 spiro atoms. The molecular formula is C13H16N2O4. The van der Waals surface area contributed by atoms with Crippen LogP contribution in [0.2, 0.25) is 0 Å². The molecule has 1 aliphatic heterocycles. The Bertz CT molecular complexity index is 489. The lowest BCUT2D eigenvalue weighted by molar-refractivity contribution is -0.147. The topological polar surface area (TPSA) is 79.7 Å². The molecule has 102 valence electrons. The van der Waals surface area contributed by atoms with E-state index >= 15 is 0 Å². The Hall–Kier alpha value is -2.11. The van der Waals surface area contributed by atoms with Gasteiger partial charge in [0.15, 0.2) is 0 Å². The fourth-order valence-electron chi connectivity index (χ4n) is 2.27. The summed E-state index contributed by atoms with van der Waals surface area (Å²) in [5.41, 5.74) is 0.274. The van der Waals surface area contributed by atoms with Crippen molar-refractivity contribution < 1.29 is 19.4 Å². The maximum Gasteiger partial charge on any atom is 0.328 e. The van der Waals surface area contributed by atoms with Crippen LogP contribution in [-0.4, -0.2) is 46.6 Å². The monoisotopic (exact) mass is 264 g/mol. The lowest BCUT2D eigenvalue weighted by atomic mass is 10.0. The first kappa shape index (κ1) is 13.3. The maximum absolute atomic E-state index is 12.3. The highest BCUT2D eigenvalue weighted by atomic mass is 16.5. The van der Waals surface area contributed by atoms with Crippen molar-refractivity contribution in [3.63, 3.8) is 0 Å². The highest BCUT2D eigenvalue weighted by Crippen LogP contribution is 2.21. The Morgan fingerprint density at radius 3 is 2.89 bits per heavy atom. The summed E-state index contributed by atoms with van der Waals surface area (Å²) >= 11 is 0. The van der Waals surface area contributed by atoms with Crippen molar-refractivity contribution in [3.8, 4) is 5.75 Å². The second-order valence-corrected chi connectivity index (χ2v) is 4.47. The van der Waals surface area contributed by atoms with E-state index in [0.29, 0.717) is 13.0 Å². The first-order valence-corrected chi connectivity index (χ1v) is 6.16. The SMILES string of the molecule is COC(=O)[C@H]1CCCCN1C(=O)c1cncc(O)c1. The molecule has 1 atom stereocenters. The average Bonchev–Trinajstić information content (AvgIpc) is 2.45. The number of amides is 1. The van der Waals surface area contributed by atoms with Crippen LogP contribution in [0.3, 0.4) is 0 Å².